The average Bonchev–Trinajstić information content (AvgIpc) is 3.10. The summed E-state index contributed by atoms with van der Waals surface area (Å²) >= 11 is 6.06. The van der Waals surface area contributed by atoms with Gasteiger partial charge in [-0.05, 0) is 17.7 Å². The minimum atomic E-state index is -4.67. The number of aliphatic imine (C=N–C) groups is 1. The maximum atomic E-state index is 13.5. The summed E-state index contributed by atoms with van der Waals surface area (Å²) in [6.45, 7) is 0. The molecule has 2 heterocycles. The Morgan fingerprint density at radius 2 is 2.04 bits per heavy atom. The number of nitrogens with two attached hydrogens (primary N) is 2. The Kier molecular flexibility index (Phi) is 3.81. The second-order valence-corrected chi connectivity index (χ2v) is 5.41. The number of aromatic amines is 1. The highest BCUT2D eigenvalue weighted by Gasteiger charge is 2.39. The van der Waals surface area contributed by atoms with Crippen molar-refractivity contribution in [3.8, 4) is 0 Å². The second-order valence-electron chi connectivity index (χ2n) is 5.00. The molecule has 9 nitrogen and oxygen atoms in total. The van der Waals surface area contributed by atoms with Crippen LogP contribution in [0.1, 0.15) is 22.5 Å². The minimum Gasteiger partial charge on any atom is -0.369 e. The SMILES string of the molecule is NC1=NC(N)(c2cc(Cl)c(Cc3nn[nH]n3)c(C(F)(F)F)c2)NN1. The van der Waals surface area contributed by atoms with Gasteiger partial charge in [0.1, 0.15) is 0 Å². The molecule has 0 aliphatic carbocycles. The molecule has 0 fully saturated rings. The number of H-pyrrole nitrogens is 1. The van der Waals surface area contributed by atoms with Gasteiger partial charge in [0.25, 0.3) is 0 Å². The molecule has 0 saturated heterocycles. The van der Waals surface area contributed by atoms with Crippen molar-refractivity contribution in [3.05, 3.63) is 39.7 Å². The summed E-state index contributed by atoms with van der Waals surface area (Å²) in [4.78, 5) is 3.84. The van der Waals surface area contributed by atoms with Crippen LogP contribution >= 0.6 is 11.6 Å². The van der Waals surface area contributed by atoms with Crippen LogP contribution in [-0.2, 0) is 18.4 Å². The highest BCUT2D eigenvalue weighted by molar-refractivity contribution is 6.31. The molecule has 1 unspecified atom stereocenters. The number of aromatic nitrogens is 4. The number of halogens is 4. The quantitative estimate of drug-likeness (QED) is 0.516. The first-order valence-electron chi connectivity index (χ1n) is 6.49. The predicted octanol–water partition coefficient (Wildman–Crippen LogP) is -0.0458. The molecule has 1 aliphatic rings. The van der Waals surface area contributed by atoms with E-state index in [9.17, 15) is 13.2 Å². The zero-order valence-electron chi connectivity index (χ0n) is 11.8. The lowest BCUT2D eigenvalue weighted by molar-refractivity contribution is -0.138. The van der Waals surface area contributed by atoms with Crippen LogP contribution in [0.4, 0.5) is 13.2 Å². The van der Waals surface area contributed by atoms with Gasteiger partial charge >= 0.3 is 6.18 Å². The molecular formula is C11H11ClF3N9. The number of rotatable bonds is 3. The Morgan fingerprint density at radius 1 is 1.29 bits per heavy atom. The lowest BCUT2D eigenvalue weighted by atomic mass is 9.97. The lowest BCUT2D eigenvalue weighted by Gasteiger charge is -2.23. The zero-order valence-corrected chi connectivity index (χ0v) is 12.6. The third-order valence-electron chi connectivity index (χ3n) is 3.34. The number of hydrogen-bond acceptors (Lipinski definition) is 8. The summed E-state index contributed by atoms with van der Waals surface area (Å²) in [5, 5.41) is 12.6. The van der Waals surface area contributed by atoms with Gasteiger partial charge in [-0.3, -0.25) is 11.2 Å². The zero-order chi connectivity index (χ0) is 17.5. The van der Waals surface area contributed by atoms with Gasteiger partial charge < -0.3 is 5.73 Å². The second kappa shape index (κ2) is 5.58. The number of hydrazine groups is 1. The van der Waals surface area contributed by atoms with Crippen LogP contribution in [0.3, 0.4) is 0 Å². The van der Waals surface area contributed by atoms with E-state index in [1.165, 1.54) is 6.07 Å². The molecule has 1 aliphatic heterocycles. The fourth-order valence-electron chi connectivity index (χ4n) is 2.25. The van der Waals surface area contributed by atoms with Crippen molar-refractivity contribution in [3.63, 3.8) is 0 Å². The van der Waals surface area contributed by atoms with Crippen LogP contribution in [0.2, 0.25) is 5.02 Å². The van der Waals surface area contributed by atoms with E-state index < -0.39 is 17.5 Å². The summed E-state index contributed by atoms with van der Waals surface area (Å²) < 4.78 is 40.4. The first-order valence-corrected chi connectivity index (χ1v) is 6.86. The van der Waals surface area contributed by atoms with Crippen LogP contribution in [0.25, 0.3) is 0 Å². The van der Waals surface area contributed by atoms with Gasteiger partial charge in [0.2, 0.25) is 11.7 Å². The Bertz CT molecular complexity index is 789. The number of tetrazole rings is 1. The monoisotopic (exact) mass is 361 g/mol. The van der Waals surface area contributed by atoms with E-state index in [1.54, 1.807) is 0 Å². The number of nitrogens with one attached hydrogen (secondary N) is 3. The highest BCUT2D eigenvalue weighted by Crippen LogP contribution is 2.38. The number of nitrogens with zero attached hydrogens (tertiary/aromatic N) is 4. The topological polar surface area (TPSA) is 143 Å². The van der Waals surface area contributed by atoms with Crippen molar-refractivity contribution >= 4 is 17.6 Å². The number of guanidine groups is 1. The van der Waals surface area contributed by atoms with Gasteiger partial charge in [0.15, 0.2) is 5.82 Å². The fraction of sp³-hybridized carbons (Fsp3) is 0.273. The van der Waals surface area contributed by atoms with Gasteiger partial charge in [-0.2, -0.15) is 23.8 Å². The molecule has 2 aromatic rings. The molecule has 1 aromatic carbocycles. The molecular weight excluding hydrogens is 351 g/mol. The van der Waals surface area contributed by atoms with E-state index in [0.29, 0.717) is 0 Å². The molecule has 0 saturated carbocycles. The van der Waals surface area contributed by atoms with Crippen molar-refractivity contribution in [1.29, 1.82) is 0 Å². The minimum absolute atomic E-state index is 0.00960. The maximum Gasteiger partial charge on any atom is 0.416 e. The molecule has 0 bridgehead atoms. The molecule has 3 rings (SSSR count). The van der Waals surface area contributed by atoms with Crippen LogP contribution in [0.15, 0.2) is 17.1 Å². The Morgan fingerprint density at radius 3 is 2.58 bits per heavy atom. The van der Waals surface area contributed by atoms with Gasteiger partial charge in [0.05, 0.1) is 5.56 Å². The van der Waals surface area contributed by atoms with Crippen LogP contribution < -0.4 is 22.3 Å². The molecule has 1 atom stereocenters. The van der Waals surface area contributed by atoms with Crippen molar-refractivity contribution < 1.29 is 13.2 Å². The van der Waals surface area contributed by atoms with Crippen molar-refractivity contribution in [1.82, 2.24) is 31.5 Å². The van der Waals surface area contributed by atoms with E-state index in [2.05, 4.69) is 36.5 Å². The van der Waals surface area contributed by atoms with Crippen molar-refractivity contribution in [2.45, 2.75) is 18.4 Å². The Hall–Kier alpha value is -2.44. The smallest absolute Gasteiger partial charge is 0.369 e. The van der Waals surface area contributed by atoms with E-state index >= 15 is 0 Å². The number of alkyl halides is 3. The number of benzene rings is 1. The first kappa shape index (κ1) is 16.4. The normalized spacial score (nSPS) is 20.8. The molecule has 13 heteroatoms. The first-order chi connectivity index (χ1) is 11.2. The largest absolute Gasteiger partial charge is 0.416 e. The van der Waals surface area contributed by atoms with E-state index in [0.717, 1.165) is 6.07 Å². The maximum absolute atomic E-state index is 13.5. The molecule has 128 valence electrons. The van der Waals surface area contributed by atoms with Gasteiger partial charge in [-0.15, -0.1) is 10.2 Å². The summed E-state index contributed by atoms with van der Waals surface area (Å²) in [7, 11) is 0. The van der Waals surface area contributed by atoms with Gasteiger partial charge in [-0.1, -0.05) is 16.8 Å². The molecule has 24 heavy (non-hydrogen) atoms. The van der Waals surface area contributed by atoms with Gasteiger partial charge in [0, 0.05) is 17.0 Å². The van der Waals surface area contributed by atoms with Crippen LogP contribution in [0.5, 0.6) is 0 Å². The average molecular weight is 362 g/mol. The standard InChI is InChI=1S/C11H11ClF3N9/c12-7-2-4(11(17)18-9(16)21-22-11)1-6(10(13,14)15)5(7)3-8-19-23-24-20-8/h1-2,22H,3,17H2,(H3,16,18,21)(H,19,20,23,24). The van der Waals surface area contributed by atoms with Gasteiger partial charge in [-0.25, -0.2) is 4.99 Å². The molecule has 0 spiro atoms. The molecule has 0 radical (unpaired) electrons. The molecule has 0 amide bonds. The Balaban J connectivity index is 2.11. The summed E-state index contributed by atoms with van der Waals surface area (Å²) in [5.74, 6) is -1.66. The predicted molar refractivity (Wildman–Crippen MR) is 77.2 cm³/mol. The van der Waals surface area contributed by atoms with E-state index in [-0.39, 0.29) is 34.4 Å². The van der Waals surface area contributed by atoms with Crippen molar-refractivity contribution in [2.75, 3.05) is 0 Å². The molecule has 1 aromatic heterocycles. The van der Waals surface area contributed by atoms with Crippen LogP contribution in [-0.4, -0.2) is 26.6 Å². The third-order valence-corrected chi connectivity index (χ3v) is 3.68. The molecule has 7 N–H and O–H groups in total. The summed E-state index contributed by atoms with van der Waals surface area (Å²) in [6.07, 6.45) is -4.92. The van der Waals surface area contributed by atoms with Crippen molar-refractivity contribution in [2.24, 2.45) is 16.5 Å². The van der Waals surface area contributed by atoms with Crippen LogP contribution in [0, 0.1) is 0 Å². The fourth-order valence-corrected chi connectivity index (χ4v) is 2.53. The van der Waals surface area contributed by atoms with E-state index in [1.807, 2.05) is 0 Å². The van der Waals surface area contributed by atoms with E-state index in [4.69, 9.17) is 23.1 Å². The highest BCUT2D eigenvalue weighted by atomic mass is 35.5. The summed E-state index contributed by atoms with van der Waals surface area (Å²) in [5.41, 5.74) is 15.1. The lowest BCUT2D eigenvalue weighted by Crippen LogP contribution is -2.50. The third kappa shape index (κ3) is 2.98. The Labute approximate surface area is 137 Å². The number of hydrogen-bond donors (Lipinski definition) is 5. The summed E-state index contributed by atoms with van der Waals surface area (Å²) in [6, 6.07) is 2.14.